The zero-order chi connectivity index (χ0) is 19.6. The number of aromatic nitrogens is 2. The molecule has 0 saturated carbocycles. The second-order valence-electron chi connectivity index (χ2n) is 7.22. The number of hydrogen-bond donors (Lipinski definition) is 1. The molecule has 0 amide bonds. The van der Waals surface area contributed by atoms with Gasteiger partial charge in [0, 0.05) is 23.2 Å². The second-order valence-corrected chi connectivity index (χ2v) is 7.22. The van der Waals surface area contributed by atoms with Crippen molar-refractivity contribution in [1.82, 2.24) is 9.97 Å². The molecule has 0 aliphatic carbocycles. The molecule has 29 heavy (non-hydrogen) atoms. The highest BCUT2D eigenvalue weighted by Crippen LogP contribution is 2.33. The summed E-state index contributed by atoms with van der Waals surface area (Å²) in [6.07, 6.45) is 3.70. The Kier molecular flexibility index (Phi) is 4.41. The van der Waals surface area contributed by atoms with Gasteiger partial charge in [-0.25, -0.2) is 0 Å². The first-order valence-electron chi connectivity index (χ1n) is 9.81. The van der Waals surface area contributed by atoms with Gasteiger partial charge in [0.05, 0.1) is 22.8 Å². The summed E-state index contributed by atoms with van der Waals surface area (Å²) in [6.45, 7) is 2.16. The van der Waals surface area contributed by atoms with E-state index >= 15 is 0 Å². The van der Waals surface area contributed by atoms with Crippen molar-refractivity contribution in [1.29, 1.82) is 0 Å². The van der Waals surface area contributed by atoms with Crippen molar-refractivity contribution in [2.75, 3.05) is 5.32 Å². The van der Waals surface area contributed by atoms with E-state index in [4.69, 9.17) is 0 Å². The summed E-state index contributed by atoms with van der Waals surface area (Å²) < 4.78 is 0. The van der Waals surface area contributed by atoms with Crippen molar-refractivity contribution in [2.45, 2.75) is 13.0 Å². The van der Waals surface area contributed by atoms with Crippen molar-refractivity contribution >= 4 is 27.5 Å². The molecule has 2 aromatic heterocycles. The third-order valence-electron chi connectivity index (χ3n) is 5.45. The molecule has 0 radical (unpaired) electrons. The van der Waals surface area contributed by atoms with Crippen LogP contribution >= 0.6 is 0 Å². The predicted octanol–water partition coefficient (Wildman–Crippen LogP) is 6.29. The fourth-order valence-electron chi connectivity index (χ4n) is 3.98. The summed E-state index contributed by atoms with van der Waals surface area (Å²) in [5.74, 6) is 0. The van der Waals surface area contributed by atoms with Crippen LogP contribution in [0, 0.1) is 6.92 Å². The molecule has 1 atom stereocenters. The van der Waals surface area contributed by atoms with Crippen LogP contribution < -0.4 is 5.32 Å². The van der Waals surface area contributed by atoms with Crippen LogP contribution in [0.2, 0.25) is 0 Å². The number of fused-ring (bicyclic) bond motifs is 2. The zero-order valence-corrected chi connectivity index (χ0v) is 16.2. The normalized spacial score (nSPS) is 12.2. The minimum atomic E-state index is -0.00443. The number of hydrogen-bond acceptors (Lipinski definition) is 3. The SMILES string of the molecule is Cc1c(C(Nc2cccc3cccnc23)c2ccccc2)ccc2cccnc12. The van der Waals surface area contributed by atoms with Gasteiger partial charge in [-0.15, -0.1) is 0 Å². The molecule has 3 aromatic carbocycles. The summed E-state index contributed by atoms with van der Waals surface area (Å²) in [7, 11) is 0. The summed E-state index contributed by atoms with van der Waals surface area (Å²) in [5.41, 5.74) is 6.67. The molecule has 2 heterocycles. The van der Waals surface area contributed by atoms with Crippen LogP contribution in [0.15, 0.2) is 97.3 Å². The summed E-state index contributed by atoms with van der Waals surface area (Å²) >= 11 is 0. The molecule has 0 aliphatic heterocycles. The largest absolute Gasteiger partial charge is 0.372 e. The molecule has 3 heteroatoms. The minimum absolute atomic E-state index is 0.00443. The minimum Gasteiger partial charge on any atom is -0.372 e. The molecule has 140 valence electrons. The predicted molar refractivity (Wildman–Crippen MR) is 120 cm³/mol. The first-order chi connectivity index (χ1) is 14.3. The topological polar surface area (TPSA) is 37.8 Å². The van der Waals surface area contributed by atoms with Crippen LogP contribution in [-0.4, -0.2) is 9.97 Å². The van der Waals surface area contributed by atoms with Crippen LogP contribution in [0.3, 0.4) is 0 Å². The van der Waals surface area contributed by atoms with Crippen LogP contribution in [-0.2, 0) is 0 Å². The van der Waals surface area contributed by atoms with Crippen LogP contribution in [0.1, 0.15) is 22.7 Å². The summed E-state index contributed by atoms with van der Waals surface area (Å²) in [6, 6.07) is 29.3. The van der Waals surface area contributed by atoms with Crippen molar-refractivity contribution in [3.8, 4) is 0 Å². The van der Waals surface area contributed by atoms with E-state index in [-0.39, 0.29) is 6.04 Å². The number of anilines is 1. The number of rotatable bonds is 4. The van der Waals surface area contributed by atoms with Gasteiger partial charge in [-0.1, -0.05) is 66.7 Å². The van der Waals surface area contributed by atoms with Crippen molar-refractivity contribution in [2.24, 2.45) is 0 Å². The molecule has 1 unspecified atom stereocenters. The van der Waals surface area contributed by atoms with E-state index in [0.29, 0.717) is 0 Å². The van der Waals surface area contributed by atoms with Gasteiger partial charge in [0.15, 0.2) is 0 Å². The highest BCUT2D eigenvalue weighted by Gasteiger charge is 2.19. The van der Waals surface area contributed by atoms with Gasteiger partial charge < -0.3 is 5.32 Å². The van der Waals surface area contributed by atoms with E-state index in [1.54, 1.807) is 0 Å². The fraction of sp³-hybridized carbons (Fsp3) is 0.0769. The van der Waals surface area contributed by atoms with E-state index in [0.717, 1.165) is 27.5 Å². The van der Waals surface area contributed by atoms with Crippen LogP contribution in [0.4, 0.5) is 5.69 Å². The van der Waals surface area contributed by atoms with E-state index < -0.39 is 0 Å². The van der Waals surface area contributed by atoms with Crippen LogP contribution in [0.25, 0.3) is 21.8 Å². The van der Waals surface area contributed by atoms with Gasteiger partial charge in [0.25, 0.3) is 0 Å². The number of para-hydroxylation sites is 1. The number of benzene rings is 3. The third-order valence-corrected chi connectivity index (χ3v) is 5.45. The lowest BCUT2D eigenvalue weighted by Gasteiger charge is -2.24. The van der Waals surface area contributed by atoms with Crippen molar-refractivity contribution in [3.63, 3.8) is 0 Å². The molecule has 0 spiro atoms. The van der Waals surface area contributed by atoms with E-state index in [2.05, 4.69) is 95.0 Å². The van der Waals surface area contributed by atoms with Crippen molar-refractivity contribution < 1.29 is 0 Å². The first-order valence-corrected chi connectivity index (χ1v) is 9.81. The maximum Gasteiger partial charge on any atom is 0.0933 e. The lowest BCUT2D eigenvalue weighted by Crippen LogP contribution is -2.14. The van der Waals surface area contributed by atoms with E-state index in [9.17, 15) is 0 Å². The van der Waals surface area contributed by atoms with E-state index in [1.807, 2.05) is 24.5 Å². The number of nitrogens with zero attached hydrogens (tertiary/aromatic N) is 2. The average Bonchev–Trinajstić information content (AvgIpc) is 2.79. The lowest BCUT2D eigenvalue weighted by molar-refractivity contribution is 0.930. The second kappa shape index (κ2) is 7.36. The quantitative estimate of drug-likeness (QED) is 0.401. The Hall–Kier alpha value is -3.72. The highest BCUT2D eigenvalue weighted by molar-refractivity contribution is 5.90. The maximum absolute atomic E-state index is 4.63. The highest BCUT2D eigenvalue weighted by atomic mass is 14.9. The molecule has 3 nitrogen and oxygen atoms in total. The summed E-state index contributed by atoms with van der Waals surface area (Å²) in [4.78, 5) is 9.25. The Labute approximate surface area is 170 Å². The molecule has 0 saturated heterocycles. The number of aryl methyl sites for hydroxylation is 1. The third kappa shape index (κ3) is 3.21. The molecule has 0 bridgehead atoms. The van der Waals surface area contributed by atoms with Gasteiger partial charge in [0.1, 0.15) is 0 Å². The van der Waals surface area contributed by atoms with Gasteiger partial charge in [-0.3, -0.25) is 9.97 Å². The number of pyridine rings is 2. The van der Waals surface area contributed by atoms with Crippen LogP contribution in [0.5, 0.6) is 0 Å². The molecule has 0 fully saturated rings. The van der Waals surface area contributed by atoms with Gasteiger partial charge in [-0.2, -0.15) is 0 Å². The Balaban J connectivity index is 1.68. The van der Waals surface area contributed by atoms with Gasteiger partial charge in [-0.05, 0) is 41.8 Å². The average molecular weight is 375 g/mol. The summed E-state index contributed by atoms with van der Waals surface area (Å²) in [5, 5.41) is 6.06. The monoisotopic (exact) mass is 375 g/mol. The lowest BCUT2D eigenvalue weighted by atomic mass is 9.93. The zero-order valence-electron chi connectivity index (χ0n) is 16.2. The Morgan fingerprint density at radius 1 is 0.655 bits per heavy atom. The van der Waals surface area contributed by atoms with E-state index in [1.165, 1.54) is 16.7 Å². The van der Waals surface area contributed by atoms with Gasteiger partial charge in [0.2, 0.25) is 0 Å². The molecule has 0 aliphatic rings. The molecule has 5 rings (SSSR count). The molecule has 1 N–H and O–H groups in total. The maximum atomic E-state index is 4.63. The molecule has 5 aromatic rings. The standard InChI is InChI=1S/C26H21N3/c1-18-22(15-14-21-12-7-16-27-24(18)21)25(19-8-3-2-4-9-19)29-23-13-5-10-20-11-6-17-28-26(20)23/h2-17,25,29H,1H3. The Morgan fingerprint density at radius 3 is 2.14 bits per heavy atom. The van der Waals surface area contributed by atoms with Crippen molar-refractivity contribution in [3.05, 3.63) is 114 Å². The Morgan fingerprint density at radius 2 is 1.34 bits per heavy atom. The smallest absolute Gasteiger partial charge is 0.0933 e. The fourth-order valence-corrected chi connectivity index (χ4v) is 3.98. The Bertz CT molecular complexity index is 1290. The molecular formula is C26H21N3. The number of nitrogens with one attached hydrogen (secondary N) is 1. The molecular weight excluding hydrogens is 354 g/mol. The first kappa shape index (κ1) is 17.4. The van der Waals surface area contributed by atoms with Gasteiger partial charge >= 0.3 is 0 Å².